The summed E-state index contributed by atoms with van der Waals surface area (Å²) in [4.78, 5) is 16.9. The quantitative estimate of drug-likeness (QED) is 0.450. The molecule has 1 aromatic carbocycles. The summed E-state index contributed by atoms with van der Waals surface area (Å²) >= 11 is 2.38. The van der Waals surface area contributed by atoms with Crippen molar-refractivity contribution in [1.29, 1.82) is 0 Å². The SMILES string of the molecule is CC1=CC2=NNC(C(=O)N3C[C@@H]4C[C@H](c5ccccc5C(F)(F)F)C[C@]4(I)C3)N2C=C1. The van der Waals surface area contributed by atoms with Gasteiger partial charge in [0, 0.05) is 22.7 Å². The van der Waals surface area contributed by atoms with Crippen LogP contribution in [-0.2, 0) is 11.0 Å². The minimum atomic E-state index is -4.35. The highest BCUT2D eigenvalue weighted by atomic mass is 127. The van der Waals surface area contributed by atoms with Gasteiger partial charge in [0.15, 0.2) is 5.84 Å². The molecule has 1 amide bonds. The fraction of sp³-hybridized carbons (Fsp3) is 0.455. The number of carbonyl (C=O) groups is 1. The summed E-state index contributed by atoms with van der Waals surface area (Å²) in [6.45, 7) is 3.08. The van der Waals surface area contributed by atoms with E-state index in [1.54, 1.807) is 12.1 Å². The van der Waals surface area contributed by atoms with Gasteiger partial charge in [-0.25, -0.2) is 0 Å². The fourth-order valence-electron chi connectivity index (χ4n) is 5.26. The Bertz CT molecular complexity index is 1020. The van der Waals surface area contributed by atoms with Gasteiger partial charge in [0.1, 0.15) is 0 Å². The van der Waals surface area contributed by atoms with Gasteiger partial charge >= 0.3 is 6.18 Å². The molecule has 0 spiro atoms. The second-order valence-electron chi connectivity index (χ2n) is 8.79. The number of carbonyl (C=O) groups excluding carboxylic acids is 1. The Labute approximate surface area is 192 Å². The molecular formula is C22H22F3IN4O. The van der Waals surface area contributed by atoms with Crippen LogP contribution in [0.5, 0.6) is 0 Å². The number of hydrogen-bond donors (Lipinski definition) is 1. The van der Waals surface area contributed by atoms with Crippen molar-refractivity contribution in [3.8, 4) is 0 Å². The molecule has 5 nitrogen and oxygen atoms in total. The number of halogens is 4. The van der Waals surface area contributed by atoms with Gasteiger partial charge in [-0.3, -0.25) is 10.2 Å². The van der Waals surface area contributed by atoms with Crippen molar-refractivity contribution in [2.45, 2.75) is 41.4 Å². The lowest BCUT2D eigenvalue weighted by atomic mass is 9.91. The Balaban J connectivity index is 1.30. The minimum Gasteiger partial charge on any atom is -0.338 e. The Morgan fingerprint density at radius 2 is 2.10 bits per heavy atom. The number of hydrazone groups is 1. The molecule has 3 aliphatic heterocycles. The van der Waals surface area contributed by atoms with Crippen molar-refractivity contribution >= 4 is 34.3 Å². The number of hydrogen-bond acceptors (Lipinski definition) is 4. The molecule has 4 aliphatic rings. The molecule has 0 radical (unpaired) electrons. The number of benzene rings is 1. The molecule has 0 bridgehead atoms. The summed E-state index contributed by atoms with van der Waals surface area (Å²) in [5.74, 6) is 0.693. The Morgan fingerprint density at radius 1 is 1.32 bits per heavy atom. The standard InChI is InChI=1S/C22H22F3IN4O/c1-13-6-7-30-18(8-13)27-28-19(30)20(31)29-11-15-9-14(10-21(15,26)12-29)16-4-2-3-5-17(16)22(23,24)25/h2-8,14-15,19,28H,9-12H2,1H3/t14-,15-,19?,21-/m0/s1. The van der Waals surface area contributed by atoms with E-state index in [2.05, 4.69) is 33.1 Å². The second-order valence-corrected chi connectivity index (χ2v) is 10.9. The zero-order chi connectivity index (χ0) is 22.0. The molecule has 1 aromatic rings. The first-order chi connectivity index (χ1) is 14.7. The molecule has 9 heteroatoms. The predicted octanol–water partition coefficient (Wildman–Crippen LogP) is 4.23. The number of nitrogens with one attached hydrogen (secondary N) is 1. The number of allylic oxidation sites excluding steroid dienone is 2. The van der Waals surface area contributed by atoms with Crippen LogP contribution in [0.15, 0.2) is 53.3 Å². The van der Waals surface area contributed by atoms with E-state index in [1.165, 1.54) is 12.1 Å². The van der Waals surface area contributed by atoms with Gasteiger partial charge in [0.25, 0.3) is 5.91 Å². The summed E-state index contributed by atoms with van der Waals surface area (Å²) < 4.78 is 40.3. The van der Waals surface area contributed by atoms with E-state index in [4.69, 9.17) is 0 Å². The van der Waals surface area contributed by atoms with Crippen LogP contribution in [0.3, 0.4) is 0 Å². The van der Waals surface area contributed by atoms with Crippen LogP contribution in [0.2, 0.25) is 0 Å². The lowest BCUT2D eigenvalue weighted by Gasteiger charge is -2.29. The monoisotopic (exact) mass is 542 g/mol. The number of fused-ring (bicyclic) bond motifs is 2. The van der Waals surface area contributed by atoms with Crippen LogP contribution in [0, 0.1) is 5.92 Å². The molecule has 31 heavy (non-hydrogen) atoms. The van der Waals surface area contributed by atoms with Crippen molar-refractivity contribution in [1.82, 2.24) is 15.2 Å². The van der Waals surface area contributed by atoms with Gasteiger partial charge in [-0.05, 0) is 61.0 Å². The smallest absolute Gasteiger partial charge is 0.338 e. The maximum atomic E-state index is 13.5. The number of amidine groups is 1. The van der Waals surface area contributed by atoms with Gasteiger partial charge in [-0.1, -0.05) is 40.8 Å². The molecule has 1 N–H and O–H groups in total. The zero-order valence-electron chi connectivity index (χ0n) is 16.9. The third kappa shape index (κ3) is 3.54. The van der Waals surface area contributed by atoms with Crippen LogP contribution in [0.25, 0.3) is 0 Å². The van der Waals surface area contributed by atoms with E-state index >= 15 is 0 Å². The summed E-state index contributed by atoms with van der Waals surface area (Å²) in [6.07, 6.45) is 2.09. The maximum absolute atomic E-state index is 13.5. The second kappa shape index (κ2) is 7.25. The fourth-order valence-corrected chi connectivity index (χ4v) is 6.65. The lowest BCUT2D eigenvalue weighted by molar-refractivity contribution is -0.138. The molecule has 164 valence electrons. The Morgan fingerprint density at radius 3 is 2.84 bits per heavy atom. The number of alkyl halides is 4. The molecule has 1 aliphatic carbocycles. The van der Waals surface area contributed by atoms with Gasteiger partial charge in [-0.2, -0.15) is 18.3 Å². The molecule has 0 aromatic heterocycles. The van der Waals surface area contributed by atoms with Crippen LogP contribution in [-0.4, -0.2) is 44.2 Å². The third-order valence-corrected chi connectivity index (χ3v) is 8.39. The Kier molecular flexibility index (Phi) is 4.87. The third-order valence-electron chi connectivity index (χ3n) is 6.73. The molecule has 1 saturated carbocycles. The van der Waals surface area contributed by atoms with Crippen molar-refractivity contribution in [2.75, 3.05) is 13.1 Å². The van der Waals surface area contributed by atoms with Gasteiger partial charge in [0.05, 0.1) is 5.56 Å². The topological polar surface area (TPSA) is 47.9 Å². The first-order valence-electron chi connectivity index (χ1n) is 10.3. The van der Waals surface area contributed by atoms with Crippen LogP contribution < -0.4 is 5.43 Å². The molecule has 3 heterocycles. The predicted molar refractivity (Wildman–Crippen MR) is 119 cm³/mol. The number of likely N-dealkylation sites (tertiary alicyclic amines) is 1. The largest absolute Gasteiger partial charge is 0.416 e. The summed E-state index contributed by atoms with van der Waals surface area (Å²) in [6, 6.07) is 5.90. The number of rotatable bonds is 2. The number of amides is 1. The van der Waals surface area contributed by atoms with Crippen molar-refractivity contribution < 1.29 is 18.0 Å². The molecule has 2 fully saturated rings. The summed E-state index contributed by atoms with van der Waals surface area (Å²) in [5, 5.41) is 4.26. The molecule has 1 saturated heterocycles. The van der Waals surface area contributed by atoms with E-state index in [0.29, 0.717) is 37.3 Å². The summed E-state index contributed by atoms with van der Waals surface area (Å²) in [5.41, 5.74) is 3.85. The molecule has 5 rings (SSSR count). The first kappa shape index (κ1) is 20.8. The van der Waals surface area contributed by atoms with E-state index in [9.17, 15) is 18.0 Å². The average Bonchev–Trinajstić information content (AvgIpc) is 3.36. The van der Waals surface area contributed by atoms with E-state index in [0.717, 1.165) is 5.57 Å². The van der Waals surface area contributed by atoms with E-state index < -0.39 is 17.9 Å². The van der Waals surface area contributed by atoms with E-state index in [-0.39, 0.29) is 21.2 Å². The van der Waals surface area contributed by atoms with Gasteiger partial charge in [-0.15, -0.1) is 0 Å². The van der Waals surface area contributed by atoms with E-state index in [1.807, 2.05) is 35.1 Å². The normalized spacial score (nSPS) is 31.8. The Hall–Kier alpha value is -2.04. The molecule has 1 unspecified atom stereocenters. The highest BCUT2D eigenvalue weighted by Gasteiger charge is 2.54. The first-order valence-corrected chi connectivity index (χ1v) is 11.4. The highest BCUT2D eigenvalue weighted by Crippen LogP contribution is 2.55. The minimum absolute atomic E-state index is 0.0472. The highest BCUT2D eigenvalue weighted by molar-refractivity contribution is 14.1. The van der Waals surface area contributed by atoms with Gasteiger partial charge < -0.3 is 9.80 Å². The molecular weight excluding hydrogens is 520 g/mol. The van der Waals surface area contributed by atoms with Crippen LogP contribution in [0.4, 0.5) is 13.2 Å². The molecule has 4 atom stereocenters. The maximum Gasteiger partial charge on any atom is 0.416 e. The van der Waals surface area contributed by atoms with Crippen LogP contribution >= 0.6 is 22.6 Å². The van der Waals surface area contributed by atoms with Crippen molar-refractivity contribution in [3.05, 3.63) is 59.3 Å². The van der Waals surface area contributed by atoms with Crippen molar-refractivity contribution in [3.63, 3.8) is 0 Å². The number of nitrogens with zero attached hydrogens (tertiary/aromatic N) is 3. The lowest BCUT2D eigenvalue weighted by Crippen LogP contribution is -2.50. The average molecular weight is 542 g/mol. The van der Waals surface area contributed by atoms with Crippen LogP contribution in [0.1, 0.15) is 36.8 Å². The zero-order valence-corrected chi connectivity index (χ0v) is 19.0. The van der Waals surface area contributed by atoms with Gasteiger partial charge in [0.2, 0.25) is 6.17 Å². The summed E-state index contributed by atoms with van der Waals surface area (Å²) in [7, 11) is 0. The van der Waals surface area contributed by atoms with Crippen molar-refractivity contribution in [2.24, 2.45) is 11.0 Å².